The molecule has 2 spiro atoms. The first kappa shape index (κ1) is 75.0. The number of anilines is 6. The summed E-state index contributed by atoms with van der Waals surface area (Å²) in [6, 6.07) is 165. The van der Waals surface area contributed by atoms with Gasteiger partial charge in [-0.1, -0.05) is 342 Å². The van der Waals surface area contributed by atoms with Crippen molar-refractivity contribution in [1.29, 1.82) is 0 Å². The highest BCUT2D eigenvalue weighted by Crippen LogP contribution is 2.66. The Hall–Kier alpha value is -15.2. The van der Waals surface area contributed by atoms with E-state index in [4.69, 9.17) is 0 Å². The van der Waals surface area contributed by atoms with Crippen LogP contribution < -0.4 is 9.80 Å². The Bertz CT molecular complexity index is 8500. The van der Waals surface area contributed by atoms with Crippen molar-refractivity contribution >= 4 is 123 Å². The molecule has 6 heteroatoms. The largest absolute Gasteiger partial charge is 0.310 e. The van der Waals surface area contributed by atoms with E-state index < -0.39 is 10.8 Å². The van der Waals surface area contributed by atoms with Gasteiger partial charge in [0.25, 0.3) is 0 Å². The smallest absolute Gasteiger partial charge is 0.0736 e. The van der Waals surface area contributed by atoms with Crippen LogP contribution in [0.25, 0.3) is 121 Å². The second-order valence-corrected chi connectivity index (χ2v) is 39.0. The van der Waals surface area contributed by atoms with Gasteiger partial charge in [-0.25, -0.2) is 0 Å². The lowest BCUT2D eigenvalue weighted by Crippen LogP contribution is -2.36. The van der Waals surface area contributed by atoms with E-state index in [1.54, 1.807) is 0 Å². The molecule has 20 aromatic carbocycles. The molecule has 0 amide bonds. The first-order valence-corrected chi connectivity index (χ1v) is 47.0. The van der Waals surface area contributed by atoms with E-state index in [9.17, 15) is 0 Å². The maximum Gasteiger partial charge on any atom is 0.0736 e. The molecule has 0 radical (unpaired) electrons. The first-order valence-electron chi connectivity index (χ1n) is 45.3. The average Bonchev–Trinajstić information content (AvgIpc) is 1.07. The maximum absolute atomic E-state index is 2.54. The van der Waals surface area contributed by atoms with E-state index in [0.29, 0.717) is 0 Å². The summed E-state index contributed by atoms with van der Waals surface area (Å²) in [5, 5.41) is 10.1. The fraction of sp³-hybridized carbons (Fsp3) is 0.0645. The third-order valence-electron chi connectivity index (χ3n) is 29.6. The van der Waals surface area contributed by atoms with Gasteiger partial charge in [0.2, 0.25) is 0 Å². The summed E-state index contributed by atoms with van der Waals surface area (Å²) in [6.07, 6.45) is 0. The molecule has 0 N–H and O–H groups in total. The zero-order valence-corrected chi connectivity index (χ0v) is 73.8. The summed E-state index contributed by atoms with van der Waals surface area (Å²) in [4.78, 5) is 10.3. The molecular formula is C124H84N4S2. The minimum atomic E-state index is -0.558. The van der Waals surface area contributed by atoms with Gasteiger partial charge in [-0.15, -0.1) is 0 Å². The van der Waals surface area contributed by atoms with E-state index in [1.807, 2.05) is 23.5 Å². The molecule has 4 nitrogen and oxygen atoms in total. The molecule has 0 fully saturated rings. The van der Waals surface area contributed by atoms with Crippen LogP contribution in [-0.4, -0.2) is 9.13 Å². The SMILES string of the molecule is CC1(C)c2ccccc2-c2cc(N(c3ccc4c(c3)C3(c5ccccc5Sc5ccccc53)c3cccc5cccc-4c35)c3ccc4c(c3)c3ccccc3n4-c3ccccc3)ccc21.CC1(C)c2ccccc2-c2ccc(N(c3ccc4c(c3)C3(c5ccccc5Sc5ccccc53)c3cccc5cccc-4c35)c3ccc4c(c3)c3ccccc3n4-c3ccccc3)cc21. The van der Waals surface area contributed by atoms with Gasteiger partial charge in [0.1, 0.15) is 0 Å². The van der Waals surface area contributed by atoms with Gasteiger partial charge >= 0.3 is 0 Å². The van der Waals surface area contributed by atoms with Crippen molar-refractivity contribution in [3.63, 3.8) is 0 Å². The summed E-state index contributed by atoms with van der Waals surface area (Å²) in [5.74, 6) is 0. The highest BCUT2D eigenvalue weighted by Gasteiger charge is 2.52. The lowest BCUT2D eigenvalue weighted by atomic mass is 9.59. The van der Waals surface area contributed by atoms with Crippen LogP contribution in [-0.2, 0) is 21.7 Å². The molecule has 22 aromatic rings. The standard InChI is InChI=1S/2C62H42N2S/c1-61(2)50-23-8-6-20-44(50)45-33-30-42(37-54(45)61)63(41-32-35-57-49(36-41)47-21-7-11-27-56(47)64(57)40-18-4-3-5-19-40)43-31-34-46-48-22-14-16-39-17-15-26-53(60(39)48)62(55(46)38-43)51-24-9-12-28-58(51)65-59-29-13-10-25-52(59)62;1-61(2)50-23-8-6-20-44(50)48-36-41(31-34-51(48)61)63(42-32-35-57-49(37-42)46-21-7-11-27-56(46)64(57)40-18-4-3-5-19-40)43-30-33-45-47-22-14-16-39-17-15-26-54(60(39)47)62(55(45)38-43)52-24-9-12-28-58(52)65-59-29-13-10-25-53(59)62/h2*3-38H,1-2H3. The molecule has 130 heavy (non-hydrogen) atoms. The van der Waals surface area contributed by atoms with E-state index in [0.717, 1.165) is 45.5 Å². The van der Waals surface area contributed by atoms with Crippen LogP contribution in [0.1, 0.15) is 94.5 Å². The van der Waals surface area contributed by atoms with E-state index >= 15 is 0 Å². The van der Waals surface area contributed by atoms with Gasteiger partial charge in [0.15, 0.2) is 0 Å². The quantitative estimate of drug-likeness (QED) is 0.151. The van der Waals surface area contributed by atoms with Crippen LogP contribution >= 0.6 is 23.5 Å². The molecule has 0 saturated carbocycles. The Morgan fingerprint density at radius 3 is 0.931 bits per heavy atom. The molecule has 6 aliphatic rings. The van der Waals surface area contributed by atoms with Crippen LogP contribution in [0.4, 0.5) is 34.1 Å². The van der Waals surface area contributed by atoms with Crippen molar-refractivity contribution in [3.8, 4) is 55.9 Å². The summed E-state index contributed by atoms with van der Waals surface area (Å²) in [7, 11) is 0. The predicted octanol–water partition coefficient (Wildman–Crippen LogP) is 33.1. The van der Waals surface area contributed by atoms with Crippen LogP contribution in [0.2, 0.25) is 0 Å². The lowest BCUT2D eigenvalue weighted by molar-refractivity contribution is 0.660. The number of benzene rings is 20. The minimum Gasteiger partial charge on any atom is -0.310 e. The van der Waals surface area contributed by atoms with Crippen LogP contribution in [0.3, 0.4) is 0 Å². The second-order valence-electron chi connectivity index (χ2n) is 36.8. The average molecular weight is 1690 g/mol. The van der Waals surface area contributed by atoms with Crippen LogP contribution in [0.5, 0.6) is 0 Å². The van der Waals surface area contributed by atoms with Crippen molar-refractivity contribution in [2.45, 2.75) is 68.9 Å². The topological polar surface area (TPSA) is 16.3 Å². The molecule has 4 heterocycles. The molecule has 0 saturated heterocycles. The van der Waals surface area contributed by atoms with E-state index in [-0.39, 0.29) is 10.8 Å². The molecule has 2 aliphatic heterocycles. The summed E-state index contributed by atoms with van der Waals surface area (Å²) >= 11 is 3.79. The van der Waals surface area contributed by atoms with Gasteiger partial charge < -0.3 is 18.9 Å². The Morgan fingerprint density at radius 2 is 0.485 bits per heavy atom. The molecule has 0 bridgehead atoms. The lowest BCUT2D eigenvalue weighted by Gasteiger charge is -2.46. The van der Waals surface area contributed by atoms with Gasteiger partial charge in [0.05, 0.1) is 32.9 Å². The molecular weight excluding hydrogens is 1610 g/mol. The molecule has 0 atom stereocenters. The first-order chi connectivity index (χ1) is 64.0. The van der Waals surface area contributed by atoms with Crippen LogP contribution in [0, 0.1) is 0 Å². The normalized spacial score (nSPS) is 14.5. The zero-order valence-electron chi connectivity index (χ0n) is 72.2. The number of nitrogens with zero attached hydrogens (tertiary/aromatic N) is 4. The number of rotatable bonds is 8. The number of para-hydroxylation sites is 4. The fourth-order valence-electron chi connectivity index (χ4n) is 24.1. The number of hydrogen-bond donors (Lipinski definition) is 0. The molecule has 2 aromatic heterocycles. The molecule has 28 rings (SSSR count). The Balaban J connectivity index is 0.000000134. The number of fused-ring (bicyclic) bond motifs is 28. The van der Waals surface area contributed by atoms with Gasteiger partial charge in [-0.2, -0.15) is 0 Å². The maximum atomic E-state index is 2.54. The van der Waals surface area contributed by atoms with Crippen molar-refractivity contribution in [3.05, 3.63) is 504 Å². The summed E-state index contributed by atoms with van der Waals surface area (Å²) in [5.41, 5.74) is 39.0. The fourth-order valence-corrected chi connectivity index (χ4v) is 26.5. The summed E-state index contributed by atoms with van der Waals surface area (Å²) < 4.78 is 4.81. The highest BCUT2D eigenvalue weighted by atomic mass is 32.2. The van der Waals surface area contributed by atoms with Gasteiger partial charge in [-0.3, -0.25) is 0 Å². The zero-order chi connectivity index (χ0) is 86.0. The van der Waals surface area contributed by atoms with Crippen molar-refractivity contribution in [1.82, 2.24) is 9.13 Å². The molecule has 0 unspecified atom stereocenters. The molecule has 4 aliphatic carbocycles. The Morgan fingerprint density at radius 1 is 0.192 bits per heavy atom. The number of hydrogen-bond acceptors (Lipinski definition) is 4. The Labute approximate surface area is 764 Å². The third-order valence-corrected chi connectivity index (χ3v) is 31.9. The predicted molar refractivity (Wildman–Crippen MR) is 544 cm³/mol. The Kier molecular flexibility index (Phi) is 16.2. The van der Waals surface area contributed by atoms with Gasteiger partial charge in [-0.05, 0) is 278 Å². The third kappa shape index (κ3) is 10.5. The van der Waals surface area contributed by atoms with Crippen molar-refractivity contribution < 1.29 is 0 Å². The van der Waals surface area contributed by atoms with E-state index in [1.165, 1.54) is 196 Å². The van der Waals surface area contributed by atoms with Gasteiger partial charge in [0, 0.05) is 97.5 Å². The van der Waals surface area contributed by atoms with E-state index in [2.05, 4.69) is 483 Å². The highest BCUT2D eigenvalue weighted by molar-refractivity contribution is 7.99. The monoisotopic (exact) mass is 1690 g/mol. The summed E-state index contributed by atoms with van der Waals surface area (Å²) in [6.45, 7) is 9.50. The van der Waals surface area contributed by atoms with Crippen LogP contribution in [0.15, 0.2) is 456 Å². The van der Waals surface area contributed by atoms with Crippen molar-refractivity contribution in [2.75, 3.05) is 9.80 Å². The molecule has 612 valence electrons. The van der Waals surface area contributed by atoms with Crippen molar-refractivity contribution in [2.24, 2.45) is 0 Å². The second kappa shape index (κ2) is 28.2. The minimum absolute atomic E-state index is 0.0974. The number of aromatic nitrogens is 2.